The Kier molecular flexibility index (Phi) is 10.4. The summed E-state index contributed by atoms with van der Waals surface area (Å²) in [6.45, 7) is 2.26. The largest absolute Gasteiger partial charge is 0.305 e. The molecule has 10 rings (SSSR count). The van der Waals surface area contributed by atoms with E-state index in [4.69, 9.17) is 0 Å². The number of fused-ring (bicyclic) bond motifs is 9. The van der Waals surface area contributed by atoms with E-state index >= 15 is 0 Å². The number of unbranched alkanes of at least 4 members (excludes halogenated alkanes) is 3. The van der Waals surface area contributed by atoms with Gasteiger partial charge < -0.3 is 9.97 Å². The second-order valence-corrected chi connectivity index (χ2v) is 15.5. The normalized spacial score (nSPS) is 11.3. The van der Waals surface area contributed by atoms with E-state index in [0.29, 0.717) is 0 Å². The number of hydrogen-bond acceptors (Lipinski definition) is 4. The summed E-state index contributed by atoms with van der Waals surface area (Å²) in [7, 11) is 0. The maximum absolute atomic E-state index is 4.52. The molecule has 0 saturated carbocycles. The van der Waals surface area contributed by atoms with E-state index in [0.717, 1.165) is 22.5 Å². The Morgan fingerprint density at radius 2 is 1.30 bits per heavy atom. The van der Waals surface area contributed by atoms with Crippen LogP contribution >= 0.6 is 22.7 Å². The molecule has 0 aliphatic heterocycles. The van der Waals surface area contributed by atoms with Crippen molar-refractivity contribution in [2.24, 2.45) is 0 Å². The Balaban J connectivity index is 0.000000149. The minimum absolute atomic E-state index is 0. The summed E-state index contributed by atoms with van der Waals surface area (Å²) in [5.41, 5.74) is 5.58. The fraction of sp³-hybridized carbons (Fsp3) is 0.125. The van der Waals surface area contributed by atoms with Crippen LogP contribution in [-0.4, -0.2) is 9.97 Å². The topological polar surface area (TPSA) is 25.8 Å². The zero-order valence-electron chi connectivity index (χ0n) is 29.4. The van der Waals surface area contributed by atoms with Crippen LogP contribution in [0.3, 0.4) is 0 Å². The SMILES string of the molecule is CCCCCCc1ccc2sc3c(-c4ccccn4)[c-]ccc3c2c1.[Ir].[c-]1cc2c(cc1-c1ccccn1)sc1c3cc4ccccc4cc3ccc21. The second kappa shape index (κ2) is 15.7. The molecule has 1 radical (unpaired) electrons. The van der Waals surface area contributed by atoms with Crippen molar-refractivity contribution >= 4 is 84.6 Å². The van der Waals surface area contributed by atoms with Gasteiger partial charge >= 0.3 is 0 Å². The molecule has 0 unspecified atom stereocenters. The van der Waals surface area contributed by atoms with Crippen LogP contribution < -0.4 is 0 Å². The van der Waals surface area contributed by atoms with Crippen LogP contribution in [0.15, 0.2) is 140 Å². The van der Waals surface area contributed by atoms with Crippen LogP contribution in [0.2, 0.25) is 0 Å². The molecule has 6 aromatic carbocycles. The number of aromatic nitrogens is 2. The van der Waals surface area contributed by atoms with Crippen molar-refractivity contribution < 1.29 is 20.1 Å². The van der Waals surface area contributed by atoms with Crippen molar-refractivity contribution in [2.75, 3.05) is 0 Å². The summed E-state index contributed by atoms with van der Waals surface area (Å²) >= 11 is 3.71. The van der Waals surface area contributed by atoms with Crippen molar-refractivity contribution in [2.45, 2.75) is 39.0 Å². The average Bonchev–Trinajstić information content (AvgIpc) is 3.78. The molecule has 2 nitrogen and oxygen atoms in total. The number of benzene rings is 6. The van der Waals surface area contributed by atoms with Gasteiger partial charge in [-0.05, 0) is 102 Å². The van der Waals surface area contributed by atoms with Crippen LogP contribution in [0, 0.1) is 12.1 Å². The summed E-state index contributed by atoms with van der Waals surface area (Å²) in [5, 5.41) is 10.5. The van der Waals surface area contributed by atoms with Gasteiger partial charge in [0.05, 0.1) is 0 Å². The van der Waals surface area contributed by atoms with Gasteiger partial charge in [0.2, 0.25) is 0 Å². The Morgan fingerprint density at radius 1 is 0.547 bits per heavy atom. The van der Waals surface area contributed by atoms with Crippen molar-refractivity contribution in [1.29, 1.82) is 0 Å². The predicted molar refractivity (Wildman–Crippen MR) is 226 cm³/mol. The molecule has 4 heterocycles. The van der Waals surface area contributed by atoms with E-state index in [9.17, 15) is 0 Å². The van der Waals surface area contributed by atoms with Crippen molar-refractivity contribution in [3.63, 3.8) is 0 Å². The van der Waals surface area contributed by atoms with E-state index in [1.54, 1.807) is 0 Å². The molecule has 0 aliphatic rings. The Bertz CT molecular complexity index is 2840. The number of nitrogens with zero attached hydrogens (tertiary/aromatic N) is 2. The predicted octanol–water partition coefficient (Wildman–Crippen LogP) is 14.3. The maximum Gasteiger partial charge on any atom is 0.0324 e. The number of pyridine rings is 2. The minimum atomic E-state index is 0. The first-order valence-corrected chi connectivity index (χ1v) is 19.7. The minimum Gasteiger partial charge on any atom is -0.305 e. The molecule has 0 fully saturated rings. The molecule has 0 spiro atoms. The molecule has 53 heavy (non-hydrogen) atoms. The fourth-order valence-corrected chi connectivity index (χ4v) is 9.69. The van der Waals surface area contributed by atoms with Crippen LogP contribution in [0.1, 0.15) is 38.2 Å². The van der Waals surface area contributed by atoms with Crippen molar-refractivity contribution in [1.82, 2.24) is 9.97 Å². The third kappa shape index (κ3) is 7.03. The van der Waals surface area contributed by atoms with Gasteiger partial charge in [0, 0.05) is 41.9 Å². The third-order valence-electron chi connectivity index (χ3n) is 9.93. The first-order valence-electron chi connectivity index (χ1n) is 18.1. The zero-order valence-corrected chi connectivity index (χ0v) is 33.4. The third-order valence-corrected chi connectivity index (χ3v) is 12.3. The van der Waals surface area contributed by atoms with Gasteiger partial charge in [-0.2, -0.15) is 22.7 Å². The molecule has 0 amide bonds. The van der Waals surface area contributed by atoms with Gasteiger partial charge in [-0.15, -0.1) is 47.5 Å². The van der Waals surface area contributed by atoms with E-state index in [1.807, 2.05) is 71.5 Å². The van der Waals surface area contributed by atoms with Gasteiger partial charge in [0.25, 0.3) is 0 Å². The van der Waals surface area contributed by atoms with Gasteiger partial charge in [0.1, 0.15) is 0 Å². The first-order chi connectivity index (χ1) is 25.7. The molecular formula is C48H36IrN2S2-2. The maximum atomic E-state index is 4.52. The fourth-order valence-electron chi connectivity index (χ4n) is 7.26. The van der Waals surface area contributed by atoms with Crippen molar-refractivity contribution in [3.05, 3.63) is 157 Å². The average molecular weight is 897 g/mol. The Labute approximate surface area is 331 Å². The monoisotopic (exact) mass is 897 g/mol. The summed E-state index contributed by atoms with van der Waals surface area (Å²) in [5.74, 6) is 0. The number of rotatable bonds is 7. The van der Waals surface area contributed by atoms with Gasteiger partial charge in [0.15, 0.2) is 0 Å². The van der Waals surface area contributed by atoms with Crippen LogP contribution in [0.4, 0.5) is 0 Å². The second-order valence-electron chi connectivity index (χ2n) is 13.4. The van der Waals surface area contributed by atoms with E-state index in [2.05, 4.69) is 120 Å². The summed E-state index contributed by atoms with van der Waals surface area (Å²) in [6, 6.07) is 52.1. The van der Waals surface area contributed by atoms with Gasteiger partial charge in [-0.1, -0.05) is 110 Å². The molecule has 0 saturated heterocycles. The van der Waals surface area contributed by atoms with E-state index in [1.165, 1.54) is 99.6 Å². The molecule has 4 aromatic heterocycles. The Morgan fingerprint density at radius 3 is 2.09 bits per heavy atom. The summed E-state index contributed by atoms with van der Waals surface area (Å²) < 4.78 is 5.27. The van der Waals surface area contributed by atoms with Crippen LogP contribution in [-0.2, 0) is 26.5 Å². The Hall–Kier alpha value is -4.77. The molecule has 5 heteroatoms. The number of hydrogen-bond donors (Lipinski definition) is 0. The van der Waals surface area contributed by atoms with Crippen LogP contribution in [0.25, 0.3) is 84.4 Å². The number of aryl methyl sites for hydroxylation is 1. The molecular weight excluding hydrogens is 861 g/mol. The number of thiophene rings is 2. The molecule has 10 aromatic rings. The standard InChI is InChI=1S/C25H14NS.C23H22NS.Ir/c1-2-6-17-14-22-18(13-16(17)5-1)8-11-21-20-10-9-19(15-24(20)27-25(21)22)23-7-3-4-12-26-23;1-2-3-4-5-9-17-13-14-22-20(16-17)18-10-8-11-19(23(18)25-22)21-12-6-7-15-24-21;/h1-8,10-15H;6-8,10,12-16H,2-5,9H2,1H3;/q2*-1;. The summed E-state index contributed by atoms with van der Waals surface area (Å²) in [6.07, 6.45) is 10.1. The first kappa shape index (κ1) is 35.3. The smallest absolute Gasteiger partial charge is 0.0324 e. The van der Waals surface area contributed by atoms with Gasteiger partial charge in [-0.25, -0.2) is 0 Å². The van der Waals surface area contributed by atoms with Crippen LogP contribution in [0.5, 0.6) is 0 Å². The molecule has 261 valence electrons. The van der Waals surface area contributed by atoms with Gasteiger partial charge in [-0.3, -0.25) is 0 Å². The quantitative estimate of drug-likeness (QED) is 0.0905. The zero-order chi connectivity index (χ0) is 34.9. The van der Waals surface area contributed by atoms with E-state index in [-0.39, 0.29) is 20.1 Å². The molecule has 0 atom stereocenters. The molecule has 0 N–H and O–H groups in total. The summed E-state index contributed by atoms with van der Waals surface area (Å²) in [4.78, 5) is 8.99. The van der Waals surface area contributed by atoms with Crippen molar-refractivity contribution in [3.8, 4) is 22.5 Å². The molecule has 0 bridgehead atoms. The van der Waals surface area contributed by atoms with E-state index < -0.39 is 0 Å². The molecule has 0 aliphatic carbocycles.